The van der Waals surface area contributed by atoms with Crippen LogP contribution in [-0.4, -0.2) is 44.4 Å². The highest BCUT2D eigenvalue weighted by Gasteiger charge is 2.18. The third kappa shape index (κ3) is 4.63. The first kappa shape index (κ1) is 20.1. The third-order valence-electron chi connectivity index (χ3n) is 4.70. The molecule has 2 aromatic carbocycles. The number of nitrogens with one attached hydrogen (secondary N) is 1. The predicted molar refractivity (Wildman–Crippen MR) is 109 cm³/mol. The van der Waals surface area contributed by atoms with Crippen LogP contribution in [0.3, 0.4) is 0 Å². The smallest absolute Gasteiger partial charge is 0.282 e. The third-order valence-corrected chi connectivity index (χ3v) is 4.70. The van der Waals surface area contributed by atoms with Crippen molar-refractivity contribution in [1.29, 1.82) is 0 Å². The van der Waals surface area contributed by atoms with Crippen LogP contribution in [-0.2, 0) is 0 Å². The molecule has 1 fully saturated rings. The molecule has 0 radical (unpaired) electrons. The molecule has 2 aromatic rings. The number of amides is 1. The molecule has 0 aromatic heterocycles. The zero-order valence-electron chi connectivity index (χ0n) is 16.3. The van der Waals surface area contributed by atoms with Crippen molar-refractivity contribution in [2.75, 3.05) is 32.2 Å². The summed E-state index contributed by atoms with van der Waals surface area (Å²) in [6, 6.07) is 9.96. The summed E-state index contributed by atoms with van der Waals surface area (Å²) in [5.74, 6) is 0.152. The van der Waals surface area contributed by atoms with Crippen molar-refractivity contribution in [1.82, 2.24) is 5.43 Å². The number of ether oxygens (including phenoxy) is 2. The minimum atomic E-state index is -0.553. The van der Waals surface area contributed by atoms with E-state index in [2.05, 4.69) is 15.4 Å². The van der Waals surface area contributed by atoms with E-state index in [1.807, 2.05) is 12.1 Å². The summed E-state index contributed by atoms with van der Waals surface area (Å²) in [7, 11) is 2.82. The van der Waals surface area contributed by atoms with E-state index in [1.54, 1.807) is 12.1 Å². The minimum Gasteiger partial charge on any atom is -0.493 e. The lowest BCUT2D eigenvalue weighted by Gasteiger charge is -2.17. The molecule has 1 saturated heterocycles. The molecule has 0 spiro atoms. The normalized spacial score (nSPS) is 13.5. The highest BCUT2D eigenvalue weighted by Crippen LogP contribution is 2.33. The summed E-state index contributed by atoms with van der Waals surface area (Å²) in [6.45, 7) is 2.06. The van der Waals surface area contributed by atoms with Crippen molar-refractivity contribution >= 4 is 23.5 Å². The number of anilines is 1. The molecule has 1 aliphatic heterocycles. The number of hydrogen-bond acceptors (Lipinski definition) is 7. The SMILES string of the molecule is COc1cc(/C=N\NC(=O)c2ccc(N3CCCC3)cc2)c([N+](=O)[O-])cc1OC. The number of nitrogens with zero attached hydrogens (tertiary/aromatic N) is 3. The predicted octanol–water partition coefficient (Wildman–Crippen LogP) is 2.98. The molecule has 1 heterocycles. The van der Waals surface area contributed by atoms with Gasteiger partial charge in [-0.1, -0.05) is 0 Å². The average molecular weight is 398 g/mol. The van der Waals surface area contributed by atoms with Crippen LogP contribution in [0.2, 0.25) is 0 Å². The first-order chi connectivity index (χ1) is 14.0. The molecular weight excluding hydrogens is 376 g/mol. The van der Waals surface area contributed by atoms with Crippen molar-refractivity contribution in [2.24, 2.45) is 5.10 Å². The van der Waals surface area contributed by atoms with Gasteiger partial charge in [0, 0.05) is 24.3 Å². The van der Waals surface area contributed by atoms with Gasteiger partial charge in [0.15, 0.2) is 11.5 Å². The summed E-state index contributed by atoms with van der Waals surface area (Å²) in [4.78, 5) is 25.3. The molecule has 0 aliphatic carbocycles. The topological polar surface area (TPSA) is 106 Å². The van der Waals surface area contributed by atoms with E-state index >= 15 is 0 Å². The fraction of sp³-hybridized carbons (Fsp3) is 0.300. The lowest BCUT2D eigenvalue weighted by Crippen LogP contribution is -2.19. The summed E-state index contributed by atoms with van der Waals surface area (Å²) in [5, 5.41) is 15.2. The number of carbonyl (C=O) groups is 1. The van der Waals surface area contributed by atoms with Crippen LogP contribution in [0.1, 0.15) is 28.8 Å². The molecule has 152 valence electrons. The van der Waals surface area contributed by atoms with E-state index in [0.717, 1.165) is 18.8 Å². The molecule has 0 bridgehead atoms. The highest BCUT2D eigenvalue weighted by molar-refractivity contribution is 5.95. The van der Waals surface area contributed by atoms with Crippen molar-refractivity contribution in [3.05, 3.63) is 57.6 Å². The molecule has 0 atom stereocenters. The Morgan fingerprint density at radius 3 is 2.34 bits per heavy atom. The highest BCUT2D eigenvalue weighted by atomic mass is 16.6. The Hall–Kier alpha value is -3.62. The zero-order valence-corrected chi connectivity index (χ0v) is 16.3. The van der Waals surface area contributed by atoms with Crippen LogP contribution in [0, 0.1) is 10.1 Å². The minimum absolute atomic E-state index is 0.178. The van der Waals surface area contributed by atoms with Crippen LogP contribution in [0.4, 0.5) is 11.4 Å². The maximum Gasteiger partial charge on any atom is 0.282 e. The van der Waals surface area contributed by atoms with Gasteiger partial charge in [0.2, 0.25) is 0 Å². The lowest BCUT2D eigenvalue weighted by atomic mass is 10.1. The Balaban J connectivity index is 1.71. The monoisotopic (exact) mass is 398 g/mol. The fourth-order valence-corrected chi connectivity index (χ4v) is 3.17. The zero-order chi connectivity index (χ0) is 20.8. The molecular formula is C20H22N4O5. The number of nitro groups is 1. The van der Waals surface area contributed by atoms with E-state index in [9.17, 15) is 14.9 Å². The van der Waals surface area contributed by atoms with Crippen molar-refractivity contribution in [2.45, 2.75) is 12.8 Å². The number of hydrogen-bond donors (Lipinski definition) is 1. The van der Waals surface area contributed by atoms with Crippen molar-refractivity contribution in [3.8, 4) is 11.5 Å². The average Bonchev–Trinajstić information content (AvgIpc) is 3.28. The van der Waals surface area contributed by atoms with Gasteiger partial charge in [-0.15, -0.1) is 0 Å². The molecule has 0 saturated carbocycles. The van der Waals surface area contributed by atoms with Crippen LogP contribution in [0.5, 0.6) is 11.5 Å². The molecule has 3 rings (SSSR count). The number of carbonyl (C=O) groups excluding carboxylic acids is 1. The van der Waals surface area contributed by atoms with E-state index < -0.39 is 10.8 Å². The quantitative estimate of drug-likeness (QED) is 0.437. The largest absolute Gasteiger partial charge is 0.493 e. The first-order valence-corrected chi connectivity index (χ1v) is 9.12. The molecule has 9 heteroatoms. The molecule has 0 unspecified atom stereocenters. The lowest BCUT2D eigenvalue weighted by molar-refractivity contribution is -0.385. The van der Waals surface area contributed by atoms with Gasteiger partial charge in [-0.05, 0) is 43.2 Å². The van der Waals surface area contributed by atoms with Crippen LogP contribution in [0.25, 0.3) is 0 Å². The van der Waals surface area contributed by atoms with Crippen LogP contribution in [0.15, 0.2) is 41.5 Å². The van der Waals surface area contributed by atoms with Crippen LogP contribution < -0.4 is 19.8 Å². The van der Waals surface area contributed by atoms with Gasteiger partial charge in [0.05, 0.1) is 37.0 Å². The van der Waals surface area contributed by atoms with Crippen LogP contribution >= 0.6 is 0 Å². The van der Waals surface area contributed by atoms with Crippen molar-refractivity contribution in [3.63, 3.8) is 0 Å². The number of nitro benzene ring substituents is 1. The molecule has 1 aliphatic rings. The molecule has 9 nitrogen and oxygen atoms in total. The van der Waals surface area contributed by atoms with Gasteiger partial charge < -0.3 is 14.4 Å². The Labute approximate surface area is 168 Å². The summed E-state index contributed by atoms with van der Waals surface area (Å²) < 4.78 is 10.2. The Bertz CT molecular complexity index is 921. The second kappa shape index (κ2) is 9.05. The number of hydrazone groups is 1. The number of rotatable bonds is 7. The van der Waals surface area contributed by atoms with Gasteiger partial charge in [0.1, 0.15) is 0 Å². The standard InChI is InChI=1S/C20H22N4O5/c1-28-18-11-15(17(24(26)27)12-19(18)29-2)13-21-22-20(25)14-5-7-16(8-6-14)23-9-3-4-10-23/h5-8,11-13H,3-4,9-10H2,1-2H3,(H,22,25)/b21-13-. The molecule has 29 heavy (non-hydrogen) atoms. The Kier molecular flexibility index (Phi) is 6.28. The Morgan fingerprint density at radius 1 is 1.14 bits per heavy atom. The fourth-order valence-electron chi connectivity index (χ4n) is 3.17. The van der Waals surface area contributed by atoms with Gasteiger partial charge in [0.25, 0.3) is 11.6 Å². The Morgan fingerprint density at radius 2 is 1.76 bits per heavy atom. The van der Waals surface area contributed by atoms with E-state index in [-0.39, 0.29) is 17.0 Å². The van der Waals surface area contributed by atoms with Gasteiger partial charge in [-0.25, -0.2) is 5.43 Å². The molecule has 1 amide bonds. The maximum absolute atomic E-state index is 12.3. The molecule has 1 N–H and O–H groups in total. The number of methoxy groups -OCH3 is 2. The van der Waals surface area contributed by atoms with Crippen molar-refractivity contribution < 1.29 is 19.2 Å². The van der Waals surface area contributed by atoms with Gasteiger partial charge in [-0.3, -0.25) is 14.9 Å². The second-order valence-electron chi connectivity index (χ2n) is 6.46. The summed E-state index contributed by atoms with van der Waals surface area (Å²) in [6.07, 6.45) is 3.56. The van der Waals surface area contributed by atoms with E-state index in [4.69, 9.17) is 9.47 Å². The van der Waals surface area contributed by atoms with Gasteiger partial charge >= 0.3 is 0 Å². The van der Waals surface area contributed by atoms with E-state index in [0.29, 0.717) is 11.3 Å². The van der Waals surface area contributed by atoms with Gasteiger partial charge in [-0.2, -0.15) is 5.10 Å². The first-order valence-electron chi connectivity index (χ1n) is 9.12. The second-order valence-corrected chi connectivity index (χ2v) is 6.46. The number of benzene rings is 2. The van der Waals surface area contributed by atoms with E-state index in [1.165, 1.54) is 45.4 Å². The summed E-state index contributed by atoms with van der Waals surface area (Å²) >= 11 is 0. The maximum atomic E-state index is 12.3. The summed E-state index contributed by atoms with van der Waals surface area (Å²) in [5.41, 5.74) is 3.89.